The number of fused-ring (bicyclic) bond motifs is 2. The number of rotatable bonds is 0. The first-order valence-electron chi connectivity index (χ1n) is 5.30. The first kappa shape index (κ1) is 16.8. The van der Waals surface area contributed by atoms with Crippen LogP contribution in [0.25, 0.3) is 0 Å². The molecule has 0 amide bonds. The highest BCUT2D eigenvalue weighted by molar-refractivity contribution is 5.86. The molecule has 0 aliphatic carbocycles. The molecule has 1 aromatic heterocycles. The van der Waals surface area contributed by atoms with Crippen molar-refractivity contribution in [2.45, 2.75) is 18.3 Å². The van der Waals surface area contributed by atoms with Gasteiger partial charge in [0, 0.05) is 18.2 Å². The molecule has 2 aliphatic heterocycles. The monoisotopic (exact) mass is 297 g/mol. The van der Waals surface area contributed by atoms with E-state index in [1.54, 1.807) is 0 Å². The Kier molecular flexibility index (Phi) is 6.56. The number of nitrogens with one attached hydrogen (secondary N) is 2. The van der Waals surface area contributed by atoms with Crippen molar-refractivity contribution in [1.82, 2.24) is 10.3 Å². The fourth-order valence-corrected chi connectivity index (χ4v) is 2.71. The molecule has 0 bridgehead atoms. The van der Waals surface area contributed by atoms with Gasteiger partial charge in [-0.2, -0.15) is 0 Å². The molecule has 0 saturated carbocycles. The van der Waals surface area contributed by atoms with Crippen LogP contribution >= 0.6 is 37.2 Å². The molecule has 0 aromatic carbocycles. The summed E-state index contributed by atoms with van der Waals surface area (Å²) in [6.07, 6.45) is 6.36. The van der Waals surface area contributed by atoms with Crippen LogP contribution in [0.4, 0.5) is 5.69 Å². The lowest BCUT2D eigenvalue weighted by Crippen LogP contribution is -2.41. The minimum atomic E-state index is 0. The summed E-state index contributed by atoms with van der Waals surface area (Å²) in [5, 5.41) is 6.89. The van der Waals surface area contributed by atoms with Gasteiger partial charge in [-0.05, 0) is 37.6 Å². The van der Waals surface area contributed by atoms with Crippen LogP contribution < -0.4 is 10.6 Å². The number of halogens is 3. The van der Waals surface area contributed by atoms with Crippen LogP contribution in [0.2, 0.25) is 0 Å². The van der Waals surface area contributed by atoms with Crippen molar-refractivity contribution in [1.29, 1.82) is 0 Å². The molecular weight excluding hydrogens is 281 g/mol. The second-order valence-corrected chi connectivity index (χ2v) is 4.31. The second-order valence-electron chi connectivity index (χ2n) is 4.31. The van der Waals surface area contributed by atoms with E-state index < -0.39 is 0 Å². The van der Waals surface area contributed by atoms with E-state index in [1.165, 1.54) is 24.1 Å². The van der Waals surface area contributed by atoms with Crippen LogP contribution in [-0.4, -0.2) is 24.6 Å². The Morgan fingerprint density at radius 2 is 1.82 bits per heavy atom. The maximum Gasteiger partial charge on any atom is 0.0565 e. The molecule has 2 aliphatic rings. The Labute approximate surface area is 120 Å². The number of aromatic nitrogens is 1. The molecule has 3 rings (SSSR count). The van der Waals surface area contributed by atoms with Crippen LogP contribution in [0.5, 0.6) is 0 Å². The highest BCUT2D eigenvalue weighted by Crippen LogP contribution is 2.41. The standard InChI is InChI=1S/C11H15N3.3ClH/c1-4-13-7-10-9(1)11(8-14-10)2-5-12-6-3-11;;;/h1,4,7,12,14H,2-3,5-6,8H2;3*1H. The first-order valence-corrected chi connectivity index (χ1v) is 5.30. The van der Waals surface area contributed by atoms with Gasteiger partial charge in [0.05, 0.1) is 11.9 Å². The van der Waals surface area contributed by atoms with Crippen molar-refractivity contribution < 1.29 is 0 Å². The molecule has 98 valence electrons. The van der Waals surface area contributed by atoms with E-state index in [0.29, 0.717) is 5.41 Å². The van der Waals surface area contributed by atoms with Crippen LogP contribution in [0.3, 0.4) is 0 Å². The molecule has 3 nitrogen and oxygen atoms in total. The van der Waals surface area contributed by atoms with Gasteiger partial charge in [0.2, 0.25) is 0 Å². The summed E-state index contributed by atoms with van der Waals surface area (Å²) in [6, 6.07) is 2.18. The summed E-state index contributed by atoms with van der Waals surface area (Å²) < 4.78 is 0. The Bertz CT molecular complexity index is 348. The zero-order valence-corrected chi connectivity index (χ0v) is 11.9. The maximum atomic E-state index is 4.16. The largest absolute Gasteiger partial charge is 0.383 e. The summed E-state index contributed by atoms with van der Waals surface area (Å²) in [7, 11) is 0. The predicted molar refractivity (Wildman–Crippen MR) is 78.3 cm³/mol. The average molecular weight is 299 g/mol. The second kappa shape index (κ2) is 6.64. The normalized spacial score (nSPS) is 19.1. The predicted octanol–water partition coefficient (Wildman–Crippen LogP) is 2.39. The van der Waals surface area contributed by atoms with Gasteiger partial charge < -0.3 is 10.6 Å². The smallest absolute Gasteiger partial charge is 0.0565 e. The SMILES string of the molecule is Cl.Cl.Cl.c1cc2c(cn1)NCC21CCNCC1. The molecule has 1 saturated heterocycles. The van der Waals surface area contributed by atoms with E-state index in [2.05, 4.69) is 21.7 Å². The number of pyridine rings is 1. The molecule has 17 heavy (non-hydrogen) atoms. The van der Waals surface area contributed by atoms with Crippen molar-refractivity contribution in [3.63, 3.8) is 0 Å². The van der Waals surface area contributed by atoms with E-state index in [4.69, 9.17) is 0 Å². The van der Waals surface area contributed by atoms with Crippen molar-refractivity contribution in [3.8, 4) is 0 Å². The van der Waals surface area contributed by atoms with Crippen LogP contribution in [-0.2, 0) is 5.41 Å². The molecule has 0 radical (unpaired) electrons. The molecule has 0 atom stereocenters. The van der Waals surface area contributed by atoms with Gasteiger partial charge >= 0.3 is 0 Å². The summed E-state index contributed by atoms with van der Waals surface area (Å²) in [4.78, 5) is 4.16. The fourth-order valence-electron chi connectivity index (χ4n) is 2.71. The maximum absolute atomic E-state index is 4.16. The minimum absolute atomic E-state index is 0. The minimum Gasteiger partial charge on any atom is -0.383 e. The molecule has 6 heteroatoms. The lowest BCUT2D eigenvalue weighted by atomic mass is 9.75. The van der Waals surface area contributed by atoms with Crippen LogP contribution in [0, 0.1) is 0 Å². The highest BCUT2D eigenvalue weighted by Gasteiger charge is 2.39. The third kappa shape index (κ3) is 2.79. The summed E-state index contributed by atoms with van der Waals surface area (Å²) >= 11 is 0. The zero-order valence-electron chi connectivity index (χ0n) is 9.44. The van der Waals surface area contributed by atoms with E-state index >= 15 is 0 Å². The van der Waals surface area contributed by atoms with Gasteiger partial charge in [-0.15, -0.1) is 37.2 Å². The highest BCUT2D eigenvalue weighted by atomic mass is 35.5. The zero-order chi connectivity index (χ0) is 9.43. The fraction of sp³-hybridized carbons (Fsp3) is 0.545. The topological polar surface area (TPSA) is 37.0 Å². The number of nitrogens with zero attached hydrogens (tertiary/aromatic N) is 1. The number of hydrogen-bond donors (Lipinski definition) is 2. The Hall–Kier alpha value is -0.220. The van der Waals surface area contributed by atoms with Crippen molar-refractivity contribution in [3.05, 3.63) is 24.0 Å². The number of anilines is 1. The van der Waals surface area contributed by atoms with E-state index in [-0.39, 0.29) is 37.2 Å². The lowest BCUT2D eigenvalue weighted by Gasteiger charge is -2.33. The average Bonchev–Trinajstić information content (AvgIpc) is 2.60. The van der Waals surface area contributed by atoms with Gasteiger partial charge in [-0.25, -0.2) is 0 Å². The number of piperidine rings is 1. The summed E-state index contributed by atoms with van der Waals surface area (Å²) in [6.45, 7) is 3.38. The Morgan fingerprint density at radius 3 is 2.53 bits per heavy atom. The molecule has 3 heterocycles. The number of hydrogen-bond acceptors (Lipinski definition) is 3. The van der Waals surface area contributed by atoms with Gasteiger partial charge in [0.15, 0.2) is 0 Å². The Balaban J connectivity index is 0.000000853. The molecule has 1 spiro atoms. The van der Waals surface area contributed by atoms with E-state index in [1.807, 2.05) is 12.4 Å². The summed E-state index contributed by atoms with van der Waals surface area (Å²) in [5.74, 6) is 0. The van der Waals surface area contributed by atoms with Crippen molar-refractivity contribution in [2.75, 3.05) is 25.0 Å². The van der Waals surface area contributed by atoms with Crippen molar-refractivity contribution >= 4 is 42.9 Å². The van der Waals surface area contributed by atoms with Gasteiger partial charge in [0.1, 0.15) is 0 Å². The van der Waals surface area contributed by atoms with Crippen LogP contribution in [0.15, 0.2) is 18.5 Å². The third-order valence-corrected chi connectivity index (χ3v) is 3.57. The lowest BCUT2D eigenvalue weighted by molar-refractivity contribution is 0.335. The molecule has 1 aromatic rings. The van der Waals surface area contributed by atoms with Gasteiger partial charge in [-0.1, -0.05) is 0 Å². The van der Waals surface area contributed by atoms with E-state index in [9.17, 15) is 0 Å². The molecule has 1 fully saturated rings. The quantitative estimate of drug-likeness (QED) is 0.772. The van der Waals surface area contributed by atoms with Crippen molar-refractivity contribution in [2.24, 2.45) is 0 Å². The molecule has 0 unspecified atom stereocenters. The van der Waals surface area contributed by atoms with Gasteiger partial charge in [0.25, 0.3) is 0 Å². The molecule has 2 N–H and O–H groups in total. The van der Waals surface area contributed by atoms with Gasteiger partial charge in [-0.3, -0.25) is 4.98 Å². The van der Waals surface area contributed by atoms with Crippen LogP contribution in [0.1, 0.15) is 18.4 Å². The molecular formula is C11H18Cl3N3. The Morgan fingerprint density at radius 1 is 1.12 bits per heavy atom. The summed E-state index contributed by atoms with van der Waals surface area (Å²) in [5.41, 5.74) is 3.12. The first-order chi connectivity index (χ1) is 6.91. The van der Waals surface area contributed by atoms with E-state index in [0.717, 1.165) is 19.6 Å². The third-order valence-electron chi connectivity index (χ3n) is 3.57.